The summed E-state index contributed by atoms with van der Waals surface area (Å²) in [5.41, 5.74) is 1.52. The molecule has 2 rings (SSSR count). The molecule has 2 heterocycles. The van der Waals surface area contributed by atoms with Crippen molar-refractivity contribution in [1.82, 2.24) is 19.8 Å². The third-order valence-corrected chi connectivity index (χ3v) is 4.60. The Bertz CT molecular complexity index is 541. The van der Waals surface area contributed by atoms with Gasteiger partial charge >= 0.3 is 0 Å². The van der Waals surface area contributed by atoms with Crippen molar-refractivity contribution >= 4 is 5.91 Å². The first-order chi connectivity index (χ1) is 10.3. The quantitative estimate of drug-likeness (QED) is 0.856. The lowest BCUT2D eigenvalue weighted by Crippen LogP contribution is -2.36. The van der Waals surface area contributed by atoms with Crippen LogP contribution in [0.2, 0.25) is 0 Å². The van der Waals surface area contributed by atoms with E-state index in [2.05, 4.69) is 49.7 Å². The van der Waals surface area contributed by atoms with E-state index in [1.54, 1.807) is 6.20 Å². The number of hydrogen-bond donors (Lipinski definition) is 0. The maximum Gasteiger partial charge on any atom is 0.257 e. The Balaban J connectivity index is 2.26. The van der Waals surface area contributed by atoms with Gasteiger partial charge in [0.2, 0.25) is 0 Å². The van der Waals surface area contributed by atoms with Crippen LogP contribution in [0.3, 0.4) is 0 Å². The van der Waals surface area contributed by atoms with Gasteiger partial charge in [-0.2, -0.15) is 0 Å². The average molecular weight is 304 g/mol. The third kappa shape index (κ3) is 3.29. The van der Waals surface area contributed by atoms with Gasteiger partial charge in [0, 0.05) is 25.3 Å². The second-order valence-corrected chi connectivity index (χ2v) is 6.78. The van der Waals surface area contributed by atoms with E-state index in [9.17, 15) is 4.79 Å². The Morgan fingerprint density at radius 1 is 1.41 bits per heavy atom. The average Bonchev–Trinajstić information content (AvgIpc) is 2.90. The predicted molar refractivity (Wildman–Crippen MR) is 88.0 cm³/mol. The van der Waals surface area contributed by atoms with Gasteiger partial charge in [-0.25, -0.2) is 9.97 Å². The molecule has 0 spiro atoms. The Labute approximate surface area is 133 Å². The summed E-state index contributed by atoms with van der Waals surface area (Å²) < 4.78 is 0. The molecule has 5 nitrogen and oxygen atoms in total. The summed E-state index contributed by atoms with van der Waals surface area (Å²) in [6, 6.07) is 0.433. The normalized spacial score (nSPS) is 21.9. The van der Waals surface area contributed by atoms with E-state index in [0.29, 0.717) is 17.5 Å². The minimum absolute atomic E-state index is 0.0755. The summed E-state index contributed by atoms with van der Waals surface area (Å²) in [7, 11) is 4.19. The van der Waals surface area contributed by atoms with Crippen molar-refractivity contribution in [2.45, 2.75) is 46.1 Å². The van der Waals surface area contributed by atoms with Gasteiger partial charge < -0.3 is 9.80 Å². The number of amides is 1. The van der Waals surface area contributed by atoms with Crippen LogP contribution in [0.5, 0.6) is 0 Å². The molecule has 1 aromatic heterocycles. The zero-order valence-electron chi connectivity index (χ0n) is 14.6. The van der Waals surface area contributed by atoms with Gasteiger partial charge in [0.1, 0.15) is 5.82 Å². The first-order valence-corrected chi connectivity index (χ1v) is 8.14. The van der Waals surface area contributed by atoms with Crippen LogP contribution in [0, 0.1) is 12.8 Å². The number of carbonyl (C=O) groups is 1. The SMILES string of the molecule is CC[C@@H]1CN(C(=O)c2cnc(C)nc2C(C)C)C[C@H]1N(C)C. The third-order valence-electron chi connectivity index (χ3n) is 4.60. The Hall–Kier alpha value is -1.49. The molecule has 1 saturated heterocycles. The van der Waals surface area contributed by atoms with Gasteiger partial charge in [0.15, 0.2) is 0 Å². The first-order valence-electron chi connectivity index (χ1n) is 8.14. The minimum atomic E-state index is 0.0755. The molecule has 1 aliphatic rings. The van der Waals surface area contributed by atoms with Gasteiger partial charge in [0.05, 0.1) is 11.3 Å². The van der Waals surface area contributed by atoms with Crippen LogP contribution in [0.15, 0.2) is 6.20 Å². The summed E-state index contributed by atoms with van der Waals surface area (Å²) in [5, 5.41) is 0. The molecule has 0 unspecified atom stereocenters. The number of carbonyl (C=O) groups excluding carboxylic acids is 1. The number of aromatic nitrogens is 2. The molecule has 0 radical (unpaired) electrons. The summed E-state index contributed by atoms with van der Waals surface area (Å²) in [6.07, 6.45) is 2.79. The fourth-order valence-electron chi connectivity index (χ4n) is 3.27. The monoisotopic (exact) mass is 304 g/mol. The molecule has 1 aromatic rings. The van der Waals surface area contributed by atoms with Crippen LogP contribution in [0.25, 0.3) is 0 Å². The summed E-state index contributed by atoms with van der Waals surface area (Å²) in [6.45, 7) is 9.81. The molecule has 0 aliphatic carbocycles. The minimum Gasteiger partial charge on any atom is -0.337 e. The lowest BCUT2D eigenvalue weighted by Gasteiger charge is -2.24. The first kappa shape index (κ1) is 16.9. The molecule has 0 N–H and O–H groups in total. The van der Waals surface area contributed by atoms with Gasteiger partial charge in [-0.15, -0.1) is 0 Å². The van der Waals surface area contributed by atoms with Crippen LogP contribution in [-0.2, 0) is 0 Å². The number of likely N-dealkylation sites (N-methyl/N-ethyl adjacent to an activating group) is 1. The van der Waals surface area contributed by atoms with Crippen molar-refractivity contribution in [3.8, 4) is 0 Å². The molecule has 1 amide bonds. The highest BCUT2D eigenvalue weighted by Crippen LogP contribution is 2.26. The fraction of sp³-hybridized carbons (Fsp3) is 0.706. The predicted octanol–water partition coefficient (Wildman–Crippen LogP) is 2.32. The maximum atomic E-state index is 12.9. The van der Waals surface area contributed by atoms with Crippen LogP contribution in [-0.4, -0.2) is 58.9 Å². The maximum absolute atomic E-state index is 12.9. The molecule has 2 atom stereocenters. The van der Waals surface area contributed by atoms with Gasteiger partial charge in [-0.3, -0.25) is 4.79 Å². The molecule has 1 aliphatic heterocycles. The van der Waals surface area contributed by atoms with Crippen LogP contribution in [0.1, 0.15) is 55.0 Å². The van der Waals surface area contributed by atoms with E-state index in [0.717, 1.165) is 31.0 Å². The number of aryl methyl sites for hydroxylation is 1. The van der Waals surface area contributed by atoms with E-state index < -0.39 is 0 Å². The van der Waals surface area contributed by atoms with E-state index in [-0.39, 0.29) is 11.8 Å². The van der Waals surface area contributed by atoms with Gasteiger partial charge in [-0.1, -0.05) is 27.2 Å². The summed E-state index contributed by atoms with van der Waals surface area (Å²) in [5.74, 6) is 1.55. The number of rotatable bonds is 4. The zero-order valence-corrected chi connectivity index (χ0v) is 14.6. The zero-order chi connectivity index (χ0) is 16.4. The van der Waals surface area contributed by atoms with Crippen molar-refractivity contribution in [3.05, 3.63) is 23.3 Å². The highest BCUT2D eigenvalue weighted by molar-refractivity contribution is 5.95. The lowest BCUT2D eigenvalue weighted by atomic mass is 10.0. The van der Waals surface area contributed by atoms with E-state index >= 15 is 0 Å². The van der Waals surface area contributed by atoms with Crippen molar-refractivity contribution in [2.75, 3.05) is 27.2 Å². The molecule has 22 heavy (non-hydrogen) atoms. The Morgan fingerprint density at radius 2 is 2.09 bits per heavy atom. The number of nitrogens with zero attached hydrogens (tertiary/aromatic N) is 4. The molecular weight excluding hydrogens is 276 g/mol. The second-order valence-electron chi connectivity index (χ2n) is 6.78. The number of hydrogen-bond acceptors (Lipinski definition) is 4. The molecule has 0 bridgehead atoms. The van der Waals surface area contributed by atoms with Crippen molar-refractivity contribution < 1.29 is 4.79 Å². The van der Waals surface area contributed by atoms with Gasteiger partial charge in [-0.05, 0) is 32.9 Å². The van der Waals surface area contributed by atoms with Crippen molar-refractivity contribution in [1.29, 1.82) is 0 Å². The fourth-order valence-corrected chi connectivity index (χ4v) is 3.27. The highest BCUT2D eigenvalue weighted by atomic mass is 16.2. The van der Waals surface area contributed by atoms with Crippen LogP contribution >= 0.6 is 0 Å². The molecule has 5 heteroatoms. The smallest absolute Gasteiger partial charge is 0.257 e. The van der Waals surface area contributed by atoms with E-state index in [1.807, 2.05) is 11.8 Å². The summed E-state index contributed by atoms with van der Waals surface area (Å²) >= 11 is 0. The highest BCUT2D eigenvalue weighted by Gasteiger charge is 2.36. The Morgan fingerprint density at radius 3 is 2.59 bits per heavy atom. The van der Waals surface area contributed by atoms with E-state index in [1.165, 1.54) is 0 Å². The number of likely N-dealkylation sites (tertiary alicyclic amines) is 1. The van der Waals surface area contributed by atoms with Crippen LogP contribution in [0.4, 0.5) is 0 Å². The lowest BCUT2D eigenvalue weighted by molar-refractivity contribution is 0.0778. The second kappa shape index (κ2) is 6.73. The summed E-state index contributed by atoms with van der Waals surface area (Å²) in [4.78, 5) is 25.9. The topological polar surface area (TPSA) is 49.3 Å². The largest absolute Gasteiger partial charge is 0.337 e. The van der Waals surface area contributed by atoms with E-state index in [4.69, 9.17) is 0 Å². The van der Waals surface area contributed by atoms with Gasteiger partial charge in [0.25, 0.3) is 5.91 Å². The van der Waals surface area contributed by atoms with Crippen LogP contribution < -0.4 is 0 Å². The molecule has 0 aromatic carbocycles. The van der Waals surface area contributed by atoms with Crippen molar-refractivity contribution in [3.63, 3.8) is 0 Å². The molecule has 1 fully saturated rings. The Kier molecular flexibility index (Phi) is 5.16. The standard InChI is InChI=1S/C17H28N4O/c1-7-13-9-21(10-15(13)20(5)6)17(22)14-8-18-12(4)19-16(14)11(2)3/h8,11,13,15H,7,9-10H2,1-6H3/t13-,15-/m1/s1. The van der Waals surface area contributed by atoms with Crippen molar-refractivity contribution in [2.24, 2.45) is 5.92 Å². The molecular formula is C17H28N4O. The molecule has 0 saturated carbocycles. The molecule has 122 valence electrons.